The molecule has 0 saturated heterocycles. The van der Waals surface area contributed by atoms with E-state index in [1.165, 1.54) is 24.8 Å². The zero-order valence-electron chi connectivity index (χ0n) is 5.22. The smallest absolute Gasteiger partial charge is 0.169 e. The first-order valence-electron chi connectivity index (χ1n) is 3.36. The van der Waals surface area contributed by atoms with Crippen molar-refractivity contribution in [3.05, 3.63) is 11.8 Å². The molecule has 9 heavy (non-hydrogen) atoms. The van der Waals surface area contributed by atoms with Crippen molar-refractivity contribution >= 4 is 6.34 Å². The predicted octanol–water partition coefficient (Wildman–Crippen LogP) is 0.931. The minimum Gasteiger partial charge on any atom is -0.360 e. The molecule has 0 bridgehead atoms. The maximum atomic E-state index is 3.90. The molecule has 0 spiro atoms. The minimum atomic E-state index is 0.572. The normalized spacial score (nSPS) is 31.1. The van der Waals surface area contributed by atoms with Gasteiger partial charge in [-0.1, -0.05) is 0 Å². The van der Waals surface area contributed by atoms with Crippen molar-refractivity contribution in [1.29, 1.82) is 0 Å². The van der Waals surface area contributed by atoms with Crippen LogP contribution in [0.2, 0.25) is 0 Å². The lowest BCUT2D eigenvalue weighted by Crippen LogP contribution is -2.27. The van der Waals surface area contributed by atoms with Crippen LogP contribution in [-0.2, 0) is 0 Å². The third-order valence-corrected chi connectivity index (χ3v) is 1.94. The van der Waals surface area contributed by atoms with Crippen LogP contribution in [0.5, 0.6) is 0 Å². The summed E-state index contributed by atoms with van der Waals surface area (Å²) in [5, 5.41) is 3.10. The van der Waals surface area contributed by atoms with Crippen molar-refractivity contribution in [1.82, 2.24) is 5.32 Å². The lowest BCUT2D eigenvalue weighted by atomic mass is 10.1. The highest BCUT2D eigenvalue weighted by Gasteiger charge is 2.20. The largest absolute Gasteiger partial charge is 0.360 e. The molecule has 1 aliphatic heterocycles. The van der Waals surface area contributed by atoms with Gasteiger partial charge in [-0.3, -0.25) is 0 Å². The van der Waals surface area contributed by atoms with Gasteiger partial charge in [-0.15, -0.1) is 0 Å². The molecule has 2 aliphatic rings. The average molecular weight is 121 g/mol. The molecule has 1 N–H and O–H groups in total. The Morgan fingerprint density at radius 3 is 3.67 bits per heavy atom. The minimum absolute atomic E-state index is 0.572. The molecule has 2 nitrogen and oxygen atoms in total. The highest BCUT2D eigenvalue weighted by molar-refractivity contribution is 5.59. The fourth-order valence-electron chi connectivity index (χ4n) is 1.42. The zero-order chi connectivity index (χ0) is 6.10. The summed E-state index contributed by atoms with van der Waals surface area (Å²) >= 11 is 0. The van der Waals surface area contributed by atoms with E-state index in [0.717, 1.165) is 0 Å². The van der Waals surface area contributed by atoms with Crippen LogP contribution in [0.4, 0.5) is 0 Å². The van der Waals surface area contributed by atoms with Gasteiger partial charge in [-0.05, 0) is 24.8 Å². The summed E-state index contributed by atoms with van der Waals surface area (Å²) in [6.07, 6.45) is 8.48. The Kier molecular flexibility index (Phi) is 1.04. The topological polar surface area (TPSA) is 24.4 Å². The summed E-state index contributed by atoms with van der Waals surface area (Å²) in [5.74, 6) is 0. The molecule has 1 fully saturated rings. The Bertz CT molecular complexity index is 170. The SMILES string of the molecule is [C]1=NC=C2CCCC2N1. The number of fused-ring (bicyclic) bond motifs is 1. The molecule has 0 amide bonds. The first-order valence-corrected chi connectivity index (χ1v) is 3.36. The maximum Gasteiger partial charge on any atom is 0.169 e. The molecule has 1 atom stereocenters. The van der Waals surface area contributed by atoms with E-state index in [-0.39, 0.29) is 0 Å². The van der Waals surface area contributed by atoms with Gasteiger partial charge in [-0.25, -0.2) is 4.99 Å². The van der Waals surface area contributed by atoms with Gasteiger partial charge >= 0.3 is 0 Å². The van der Waals surface area contributed by atoms with Crippen LogP contribution >= 0.6 is 0 Å². The third-order valence-electron chi connectivity index (χ3n) is 1.94. The predicted molar refractivity (Wildman–Crippen MR) is 36.3 cm³/mol. The Hall–Kier alpha value is -0.790. The maximum absolute atomic E-state index is 3.90. The van der Waals surface area contributed by atoms with Crippen LogP contribution in [-0.4, -0.2) is 12.4 Å². The van der Waals surface area contributed by atoms with Gasteiger partial charge in [-0.2, -0.15) is 0 Å². The number of hydrogen-bond donors (Lipinski definition) is 1. The van der Waals surface area contributed by atoms with Gasteiger partial charge in [0.25, 0.3) is 0 Å². The van der Waals surface area contributed by atoms with E-state index in [1.807, 2.05) is 6.20 Å². The molecule has 1 saturated carbocycles. The summed E-state index contributed by atoms with van der Waals surface area (Å²) in [6.45, 7) is 0. The molecule has 1 unspecified atom stereocenters. The van der Waals surface area contributed by atoms with E-state index in [9.17, 15) is 0 Å². The summed E-state index contributed by atoms with van der Waals surface area (Å²) in [7, 11) is 0. The van der Waals surface area contributed by atoms with E-state index >= 15 is 0 Å². The monoisotopic (exact) mass is 121 g/mol. The van der Waals surface area contributed by atoms with E-state index in [2.05, 4.69) is 16.6 Å². The Morgan fingerprint density at radius 2 is 2.78 bits per heavy atom. The Balaban J connectivity index is 2.23. The van der Waals surface area contributed by atoms with Gasteiger partial charge in [0.1, 0.15) is 0 Å². The fourth-order valence-corrected chi connectivity index (χ4v) is 1.42. The van der Waals surface area contributed by atoms with Crippen molar-refractivity contribution < 1.29 is 0 Å². The molecular formula is C7H9N2. The Morgan fingerprint density at radius 1 is 1.78 bits per heavy atom. The van der Waals surface area contributed by atoms with Gasteiger partial charge in [0.05, 0.1) is 6.04 Å². The molecule has 0 aromatic heterocycles. The van der Waals surface area contributed by atoms with Crippen LogP contribution < -0.4 is 5.32 Å². The van der Waals surface area contributed by atoms with Gasteiger partial charge in [0.15, 0.2) is 6.34 Å². The van der Waals surface area contributed by atoms with Gasteiger partial charge in [0, 0.05) is 6.20 Å². The lowest BCUT2D eigenvalue weighted by molar-refractivity contribution is 0.700. The first-order chi connectivity index (χ1) is 4.47. The quantitative estimate of drug-likeness (QED) is 0.506. The lowest BCUT2D eigenvalue weighted by Gasteiger charge is -2.12. The van der Waals surface area contributed by atoms with Gasteiger partial charge < -0.3 is 5.32 Å². The molecule has 47 valence electrons. The second kappa shape index (κ2) is 1.87. The number of hydrogen-bond acceptors (Lipinski definition) is 2. The number of aliphatic imine (C=N–C) groups is 1. The van der Waals surface area contributed by atoms with E-state index in [1.54, 1.807) is 0 Å². The number of nitrogens with zero attached hydrogens (tertiary/aromatic N) is 1. The second-order valence-electron chi connectivity index (χ2n) is 2.53. The highest BCUT2D eigenvalue weighted by atomic mass is 15.0. The van der Waals surface area contributed by atoms with Crippen LogP contribution in [0.15, 0.2) is 16.8 Å². The first kappa shape index (κ1) is 5.03. The third kappa shape index (κ3) is 0.745. The van der Waals surface area contributed by atoms with Crippen molar-refractivity contribution in [3.8, 4) is 0 Å². The fraction of sp³-hybridized carbons (Fsp3) is 0.571. The van der Waals surface area contributed by atoms with E-state index in [4.69, 9.17) is 0 Å². The van der Waals surface area contributed by atoms with Crippen LogP contribution in [0.25, 0.3) is 0 Å². The van der Waals surface area contributed by atoms with Crippen molar-refractivity contribution in [2.24, 2.45) is 4.99 Å². The summed E-state index contributed by atoms with van der Waals surface area (Å²) in [6, 6.07) is 0.572. The van der Waals surface area contributed by atoms with Crippen LogP contribution in [0.1, 0.15) is 19.3 Å². The number of rotatable bonds is 0. The summed E-state index contributed by atoms with van der Waals surface area (Å²) < 4.78 is 0. The molecule has 1 radical (unpaired) electrons. The van der Waals surface area contributed by atoms with Crippen molar-refractivity contribution in [2.45, 2.75) is 25.3 Å². The van der Waals surface area contributed by atoms with Crippen molar-refractivity contribution in [2.75, 3.05) is 0 Å². The molecule has 2 rings (SSSR count). The van der Waals surface area contributed by atoms with Gasteiger partial charge in [0.2, 0.25) is 0 Å². The average Bonchev–Trinajstić information content (AvgIpc) is 2.33. The highest BCUT2D eigenvalue weighted by Crippen LogP contribution is 2.25. The van der Waals surface area contributed by atoms with Crippen molar-refractivity contribution in [3.63, 3.8) is 0 Å². The van der Waals surface area contributed by atoms with Crippen LogP contribution in [0.3, 0.4) is 0 Å². The molecule has 0 aromatic carbocycles. The second-order valence-corrected chi connectivity index (χ2v) is 2.53. The standard InChI is InChI=1S/C7H9N2/c1-2-6-4-8-5-9-7(6)3-1/h4,7H,1-3H2,(H,8,9). The molecular weight excluding hydrogens is 112 g/mol. The van der Waals surface area contributed by atoms with E-state index in [0.29, 0.717) is 6.04 Å². The number of nitrogens with one attached hydrogen (secondary N) is 1. The van der Waals surface area contributed by atoms with Crippen LogP contribution in [0, 0.1) is 0 Å². The van der Waals surface area contributed by atoms with E-state index < -0.39 is 0 Å². The Labute approximate surface area is 54.7 Å². The molecule has 1 aliphatic carbocycles. The molecule has 1 heterocycles. The molecule has 0 aromatic rings. The molecule has 2 heteroatoms. The summed E-state index contributed by atoms with van der Waals surface area (Å²) in [4.78, 5) is 3.90. The zero-order valence-corrected chi connectivity index (χ0v) is 5.22. The summed E-state index contributed by atoms with van der Waals surface area (Å²) in [5.41, 5.74) is 1.45.